The molecule has 0 aromatic heterocycles. The van der Waals surface area contributed by atoms with Crippen LogP contribution in [0.2, 0.25) is 0 Å². The molecule has 0 aliphatic heterocycles. The van der Waals surface area contributed by atoms with Crippen LogP contribution in [0.25, 0.3) is 0 Å². The molecule has 8 heteroatoms. The molecule has 0 spiro atoms. The van der Waals surface area contributed by atoms with E-state index in [4.69, 9.17) is 18.9 Å². The van der Waals surface area contributed by atoms with Crippen molar-refractivity contribution in [2.24, 2.45) is 0 Å². The van der Waals surface area contributed by atoms with Gasteiger partial charge in [0.2, 0.25) is 0 Å². The minimum absolute atomic E-state index is 0. The van der Waals surface area contributed by atoms with Gasteiger partial charge in [-0.1, -0.05) is 0 Å². The predicted molar refractivity (Wildman–Crippen MR) is 24.6 cm³/mol. The zero-order valence-electron chi connectivity index (χ0n) is 3.73. The molecule has 0 radical (unpaired) electrons. The fourth-order valence-corrected chi connectivity index (χ4v) is 0. The fourth-order valence-electron chi connectivity index (χ4n) is 0. The van der Waals surface area contributed by atoms with Gasteiger partial charge in [-0.05, 0) is 0 Å². The molecular weight excluding hydrogens is 166 g/mol. The molecule has 0 aromatic carbocycles. The second-order valence-corrected chi connectivity index (χ2v) is 0.447. The zero-order valence-corrected chi connectivity index (χ0v) is 6.94. The first-order valence-electron chi connectivity index (χ1n) is 0.730. The first-order valence-corrected chi connectivity index (χ1v) is 2.19. The van der Waals surface area contributed by atoms with E-state index in [1.165, 1.54) is 0 Å². The van der Waals surface area contributed by atoms with Gasteiger partial charge in [0.25, 0.3) is 0 Å². The predicted octanol–water partition coefficient (Wildman–Crippen LogP) is -2.10. The van der Waals surface area contributed by atoms with Crippen molar-refractivity contribution in [3.63, 3.8) is 0 Å². The van der Waals surface area contributed by atoms with E-state index in [0.717, 1.165) is 0 Å². The van der Waals surface area contributed by atoms with E-state index in [-0.39, 0.29) is 28.5 Å². The Morgan fingerprint density at radius 1 is 1.00 bits per heavy atom. The molecule has 0 aromatic rings. The number of hydrogen-bond acceptors (Lipinski definition) is 4. The summed E-state index contributed by atoms with van der Waals surface area (Å²) in [4.78, 5) is 16.7. The van der Waals surface area contributed by atoms with Crippen molar-refractivity contribution in [3.05, 3.63) is 0 Å². The van der Waals surface area contributed by atoms with Crippen LogP contribution < -0.4 is 9.79 Å². The number of hydrogen-bond donors (Lipinski definition) is 0. The van der Waals surface area contributed by atoms with Crippen LogP contribution >= 0.6 is 17.4 Å². The fraction of sp³-hybridized carbons (Fsp3) is 0. The minimum atomic E-state index is -1.08. The average Bonchev–Trinajstić information content (AvgIpc) is 1.39. The van der Waals surface area contributed by atoms with Crippen molar-refractivity contribution in [2.75, 3.05) is 0 Å². The van der Waals surface area contributed by atoms with Crippen LogP contribution in [0.5, 0.6) is 0 Å². The maximum atomic E-state index is 8.35. The van der Waals surface area contributed by atoms with Crippen LogP contribution in [0.15, 0.2) is 0 Å². The van der Waals surface area contributed by atoms with E-state index in [0.29, 0.717) is 0 Å². The Kier molecular flexibility index (Phi) is 132. The maximum absolute atomic E-state index is 8.35. The molecule has 8 heavy (non-hydrogen) atoms. The van der Waals surface area contributed by atoms with E-state index >= 15 is 0 Å². The van der Waals surface area contributed by atoms with E-state index < -0.39 is 17.4 Å². The molecular formula is H2MgO5P2. The van der Waals surface area contributed by atoms with Gasteiger partial charge in [0, 0.05) is 0 Å². The van der Waals surface area contributed by atoms with Crippen molar-refractivity contribution in [3.8, 4) is 0 Å². The van der Waals surface area contributed by atoms with Crippen LogP contribution in [0.3, 0.4) is 0 Å². The Morgan fingerprint density at radius 2 is 1.00 bits per heavy atom. The van der Waals surface area contributed by atoms with Gasteiger partial charge < -0.3 is 15.3 Å². The topological polar surface area (TPSA) is 112 Å². The Labute approximate surface area is 65.1 Å². The summed E-state index contributed by atoms with van der Waals surface area (Å²) < 4.78 is 16.7. The Balaban J connectivity index is -0.0000000160. The molecule has 0 unspecified atom stereocenters. The first kappa shape index (κ1) is 23.2. The second kappa shape index (κ2) is 45.4. The molecule has 0 atom stereocenters. The third-order valence-corrected chi connectivity index (χ3v) is 0. The van der Waals surface area contributed by atoms with E-state index in [1.807, 2.05) is 0 Å². The third-order valence-electron chi connectivity index (χ3n) is 0. The molecule has 0 amide bonds. The van der Waals surface area contributed by atoms with E-state index in [9.17, 15) is 0 Å². The molecule has 0 aliphatic carbocycles. The molecule has 44 valence electrons. The van der Waals surface area contributed by atoms with Gasteiger partial charge in [0.1, 0.15) is 0 Å². The van der Waals surface area contributed by atoms with Crippen molar-refractivity contribution < 1.29 is 24.4 Å². The SMILES string of the molecule is O.O=P[O-].O=P[O-].[Mg+2]. The van der Waals surface area contributed by atoms with Gasteiger partial charge in [-0.15, -0.1) is 0 Å². The summed E-state index contributed by atoms with van der Waals surface area (Å²) in [6.07, 6.45) is 0. The Bertz CT molecular complexity index is 31.4. The molecule has 2 N–H and O–H groups in total. The molecule has 0 heterocycles. The largest absolute Gasteiger partial charge is 2.00 e. The summed E-state index contributed by atoms with van der Waals surface area (Å²) in [5, 5.41) is 0. The summed E-state index contributed by atoms with van der Waals surface area (Å²) >= 11 is 0. The van der Waals surface area contributed by atoms with Gasteiger partial charge >= 0.3 is 23.1 Å². The van der Waals surface area contributed by atoms with E-state index in [2.05, 4.69) is 0 Å². The van der Waals surface area contributed by atoms with Crippen LogP contribution in [0, 0.1) is 0 Å². The smallest absolute Gasteiger partial charge is 0.772 e. The molecule has 5 nitrogen and oxygen atoms in total. The normalized spacial score (nSPS) is 5.25. The van der Waals surface area contributed by atoms with Gasteiger partial charge in [-0.3, -0.25) is 9.13 Å². The average molecular weight is 168 g/mol. The first-order chi connectivity index (χ1) is 2.83. The standard InChI is InChI=1S/Mg.2HO2P.H2O/c;2*1-3-2;/h;2*(H,1,2);1H2/q+2;;;/p-2. The van der Waals surface area contributed by atoms with Crippen LogP contribution in [0.4, 0.5) is 0 Å². The maximum Gasteiger partial charge on any atom is 2.00 e. The van der Waals surface area contributed by atoms with Crippen molar-refractivity contribution in [2.45, 2.75) is 0 Å². The van der Waals surface area contributed by atoms with Crippen molar-refractivity contribution in [1.82, 2.24) is 0 Å². The summed E-state index contributed by atoms with van der Waals surface area (Å²) in [5.74, 6) is 0. The third kappa shape index (κ3) is 327. The summed E-state index contributed by atoms with van der Waals surface area (Å²) in [6, 6.07) is 0. The second-order valence-electron chi connectivity index (χ2n) is 0.149. The number of rotatable bonds is 0. The molecule has 0 bridgehead atoms. The zero-order chi connectivity index (χ0) is 5.41. The van der Waals surface area contributed by atoms with Gasteiger partial charge in [-0.2, -0.15) is 0 Å². The molecule has 0 fully saturated rings. The van der Waals surface area contributed by atoms with Crippen LogP contribution in [-0.4, -0.2) is 28.5 Å². The van der Waals surface area contributed by atoms with Gasteiger partial charge in [0.15, 0.2) is 0 Å². The monoisotopic (exact) mass is 168 g/mol. The molecule has 0 aliphatic rings. The summed E-state index contributed by atoms with van der Waals surface area (Å²) in [5.41, 5.74) is 0. The van der Waals surface area contributed by atoms with Crippen LogP contribution in [0.1, 0.15) is 0 Å². The molecule has 0 saturated carbocycles. The van der Waals surface area contributed by atoms with Gasteiger partial charge in [0.05, 0.1) is 17.4 Å². The van der Waals surface area contributed by atoms with Gasteiger partial charge in [-0.25, -0.2) is 0 Å². The van der Waals surface area contributed by atoms with Crippen molar-refractivity contribution in [1.29, 1.82) is 0 Å². The van der Waals surface area contributed by atoms with E-state index in [1.54, 1.807) is 0 Å². The molecule has 0 saturated heterocycles. The Morgan fingerprint density at radius 3 is 1.00 bits per heavy atom. The van der Waals surface area contributed by atoms with Crippen molar-refractivity contribution >= 4 is 40.4 Å². The summed E-state index contributed by atoms with van der Waals surface area (Å²) in [7, 11) is -2.17. The quantitative estimate of drug-likeness (QED) is 0.304. The van der Waals surface area contributed by atoms with Crippen LogP contribution in [-0.2, 0) is 9.13 Å². The molecule has 0 rings (SSSR count). The Hall–Kier alpha value is 0.846. The minimum Gasteiger partial charge on any atom is -0.772 e. The summed E-state index contributed by atoms with van der Waals surface area (Å²) in [6.45, 7) is 0.